The number of carbonyl (C=O) groups excluding carboxylic acids is 1. The number of rotatable bonds is 6. The Labute approximate surface area is 176 Å². The first kappa shape index (κ1) is 19.8. The van der Waals surface area contributed by atoms with Gasteiger partial charge in [0, 0.05) is 29.3 Å². The van der Waals surface area contributed by atoms with Crippen LogP contribution in [0.2, 0.25) is 0 Å². The molecule has 0 radical (unpaired) electrons. The molecule has 2 N–H and O–H groups in total. The van der Waals surface area contributed by atoms with Gasteiger partial charge in [0.1, 0.15) is 5.82 Å². The molecule has 0 aliphatic rings. The van der Waals surface area contributed by atoms with Crippen LogP contribution in [-0.4, -0.2) is 10.9 Å². The molecular formula is C23H17F2N3OS. The van der Waals surface area contributed by atoms with Crippen molar-refractivity contribution in [2.75, 3.05) is 10.0 Å². The lowest BCUT2D eigenvalue weighted by Crippen LogP contribution is -2.12. The van der Waals surface area contributed by atoms with Crippen LogP contribution in [0.25, 0.3) is 10.8 Å². The van der Waals surface area contributed by atoms with Crippen molar-refractivity contribution in [2.45, 2.75) is 5.75 Å². The minimum Gasteiger partial charge on any atom is -0.322 e. The van der Waals surface area contributed by atoms with Gasteiger partial charge in [-0.05, 0) is 52.5 Å². The Balaban J connectivity index is 1.37. The average Bonchev–Trinajstić information content (AvgIpc) is 2.76. The van der Waals surface area contributed by atoms with Crippen LogP contribution in [0.5, 0.6) is 0 Å². The molecule has 7 heteroatoms. The summed E-state index contributed by atoms with van der Waals surface area (Å²) < 4.78 is 29.5. The molecule has 4 rings (SSSR count). The van der Waals surface area contributed by atoms with Crippen molar-refractivity contribution >= 4 is 40.1 Å². The zero-order valence-electron chi connectivity index (χ0n) is 15.7. The molecule has 30 heavy (non-hydrogen) atoms. The fourth-order valence-electron chi connectivity index (χ4n) is 2.93. The van der Waals surface area contributed by atoms with E-state index in [2.05, 4.69) is 45.4 Å². The molecule has 4 nitrogen and oxygen atoms in total. The highest BCUT2D eigenvalue weighted by Crippen LogP contribution is 2.21. The Bertz CT molecular complexity index is 1220. The van der Waals surface area contributed by atoms with Gasteiger partial charge in [-0.25, -0.2) is 13.8 Å². The summed E-state index contributed by atoms with van der Waals surface area (Å²) in [6, 6.07) is 20.8. The number of benzene rings is 3. The third kappa shape index (κ3) is 4.75. The van der Waals surface area contributed by atoms with Crippen LogP contribution in [0.3, 0.4) is 0 Å². The van der Waals surface area contributed by atoms with E-state index in [0.29, 0.717) is 11.4 Å². The number of hydrogen-bond acceptors (Lipinski definition) is 4. The van der Waals surface area contributed by atoms with Crippen molar-refractivity contribution < 1.29 is 13.6 Å². The average molecular weight is 421 g/mol. The van der Waals surface area contributed by atoms with E-state index in [4.69, 9.17) is 0 Å². The first-order valence-corrected chi connectivity index (χ1v) is 10.1. The molecule has 0 aliphatic heterocycles. The van der Waals surface area contributed by atoms with Crippen LogP contribution < -0.4 is 10.0 Å². The summed E-state index contributed by atoms with van der Waals surface area (Å²) >= 11 is 1.46. The molecular weight excluding hydrogens is 404 g/mol. The Morgan fingerprint density at radius 2 is 1.73 bits per heavy atom. The van der Waals surface area contributed by atoms with Gasteiger partial charge in [0.05, 0.1) is 0 Å². The smallest absolute Gasteiger partial charge is 0.255 e. The van der Waals surface area contributed by atoms with Gasteiger partial charge in [0.2, 0.25) is 0 Å². The van der Waals surface area contributed by atoms with Crippen LogP contribution in [0, 0.1) is 11.6 Å². The Morgan fingerprint density at radius 1 is 0.900 bits per heavy atom. The number of carbonyl (C=O) groups is 1. The number of amides is 1. The summed E-state index contributed by atoms with van der Waals surface area (Å²) in [4.78, 5) is 16.6. The van der Waals surface area contributed by atoms with E-state index in [1.807, 2.05) is 12.1 Å². The monoisotopic (exact) mass is 421 g/mol. The van der Waals surface area contributed by atoms with Gasteiger partial charge >= 0.3 is 0 Å². The van der Waals surface area contributed by atoms with Crippen molar-refractivity contribution in [1.82, 2.24) is 4.98 Å². The summed E-state index contributed by atoms with van der Waals surface area (Å²) in [7, 11) is 0. The first-order chi connectivity index (χ1) is 14.6. The van der Waals surface area contributed by atoms with E-state index in [9.17, 15) is 13.6 Å². The molecule has 1 heterocycles. The Morgan fingerprint density at radius 3 is 2.57 bits per heavy atom. The molecule has 1 amide bonds. The molecule has 3 aromatic carbocycles. The molecule has 0 saturated heterocycles. The lowest BCUT2D eigenvalue weighted by molar-refractivity contribution is 0.102. The highest BCUT2D eigenvalue weighted by molar-refractivity contribution is 7.99. The zero-order valence-corrected chi connectivity index (χ0v) is 16.5. The molecule has 1 aromatic heterocycles. The molecule has 0 spiro atoms. The number of nitrogens with one attached hydrogen (secondary N) is 2. The minimum absolute atomic E-state index is 0.177. The van der Waals surface area contributed by atoms with Gasteiger partial charge in [-0.15, -0.1) is 0 Å². The first-order valence-electron chi connectivity index (χ1n) is 9.16. The van der Waals surface area contributed by atoms with Gasteiger partial charge in [-0.2, -0.15) is 0 Å². The SMILES string of the molecule is O=C(Nc1ccc(F)c(F)c1)c1ccnc(NSCc2ccc3ccccc3c2)c1. The fraction of sp³-hybridized carbons (Fsp3) is 0.0435. The second kappa shape index (κ2) is 8.92. The number of anilines is 2. The summed E-state index contributed by atoms with van der Waals surface area (Å²) in [6.45, 7) is 0. The molecule has 0 fully saturated rings. The number of halogens is 2. The summed E-state index contributed by atoms with van der Waals surface area (Å²) in [5.41, 5.74) is 1.69. The molecule has 0 saturated carbocycles. The van der Waals surface area contributed by atoms with E-state index in [-0.39, 0.29) is 5.69 Å². The summed E-state index contributed by atoms with van der Waals surface area (Å²) in [6.07, 6.45) is 1.51. The molecule has 4 aromatic rings. The Kier molecular flexibility index (Phi) is 5.90. The highest BCUT2D eigenvalue weighted by atomic mass is 32.2. The van der Waals surface area contributed by atoms with E-state index in [0.717, 1.165) is 17.9 Å². The van der Waals surface area contributed by atoms with E-state index >= 15 is 0 Å². The predicted octanol–water partition coefficient (Wildman–Crippen LogP) is 6.03. The highest BCUT2D eigenvalue weighted by Gasteiger charge is 2.10. The largest absolute Gasteiger partial charge is 0.322 e. The third-order valence-electron chi connectivity index (χ3n) is 4.43. The summed E-state index contributed by atoms with van der Waals surface area (Å²) in [5.74, 6) is -1.18. The van der Waals surface area contributed by atoms with E-state index in [1.165, 1.54) is 40.5 Å². The van der Waals surface area contributed by atoms with Crippen LogP contribution in [0.15, 0.2) is 79.0 Å². The van der Waals surface area contributed by atoms with E-state index in [1.54, 1.807) is 12.1 Å². The Hall–Kier alpha value is -3.45. The number of pyridine rings is 1. The standard InChI is InChI=1S/C23H17F2N3OS/c24-20-8-7-19(13-21(20)25)27-23(29)18-9-10-26-22(12-18)28-30-14-15-5-6-16-3-1-2-4-17(16)11-15/h1-13H,14H2,(H,26,28)(H,27,29). The van der Waals surface area contributed by atoms with Crippen molar-refractivity contribution in [2.24, 2.45) is 0 Å². The second-order valence-corrected chi connectivity index (χ2v) is 7.37. The third-order valence-corrected chi connectivity index (χ3v) is 5.26. The molecule has 150 valence electrons. The van der Waals surface area contributed by atoms with Crippen LogP contribution in [-0.2, 0) is 5.75 Å². The number of fused-ring (bicyclic) bond motifs is 1. The minimum atomic E-state index is -1.02. The maximum absolute atomic E-state index is 13.3. The van der Waals surface area contributed by atoms with Gasteiger partial charge in [0.15, 0.2) is 11.6 Å². The molecule has 0 atom stereocenters. The van der Waals surface area contributed by atoms with Crippen LogP contribution >= 0.6 is 11.9 Å². The lowest BCUT2D eigenvalue weighted by atomic mass is 10.1. The van der Waals surface area contributed by atoms with Gasteiger partial charge in [0.25, 0.3) is 5.91 Å². The van der Waals surface area contributed by atoms with Crippen molar-refractivity contribution in [1.29, 1.82) is 0 Å². The van der Waals surface area contributed by atoms with Crippen LogP contribution in [0.1, 0.15) is 15.9 Å². The number of aromatic nitrogens is 1. The van der Waals surface area contributed by atoms with Gasteiger partial charge < -0.3 is 10.0 Å². The number of nitrogens with zero attached hydrogens (tertiary/aromatic N) is 1. The lowest BCUT2D eigenvalue weighted by Gasteiger charge is -2.09. The predicted molar refractivity (Wildman–Crippen MR) is 117 cm³/mol. The number of hydrogen-bond donors (Lipinski definition) is 2. The second-order valence-electron chi connectivity index (χ2n) is 6.59. The quantitative estimate of drug-likeness (QED) is 0.374. The fourth-order valence-corrected chi connectivity index (χ4v) is 3.60. The molecule has 0 unspecified atom stereocenters. The summed E-state index contributed by atoms with van der Waals surface area (Å²) in [5, 5.41) is 4.92. The normalized spacial score (nSPS) is 10.7. The van der Waals surface area contributed by atoms with Crippen LogP contribution in [0.4, 0.5) is 20.3 Å². The van der Waals surface area contributed by atoms with Gasteiger partial charge in [-0.3, -0.25) is 4.79 Å². The van der Waals surface area contributed by atoms with Crippen molar-refractivity contribution in [3.63, 3.8) is 0 Å². The zero-order chi connectivity index (χ0) is 20.9. The van der Waals surface area contributed by atoms with Gasteiger partial charge in [-0.1, -0.05) is 42.5 Å². The molecule has 0 aliphatic carbocycles. The van der Waals surface area contributed by atoms with E-state index < -0.39 is 17.5 Å². The maximum Gasteiger partial charge on any atom is 0.255 e. The van der Waals surface area contributed by atoms with Crippen molar-refractivity contribution in [3.05, 3.63) is 102 Å². The van der Waals surface area contributed by atoms with Crippen molar-refractivity contribution in [3.8, 4) is 0 Å². The molecule has 0 bridgehead atoms. The topological polar surface area (TPSA) is 54.0 Å². The maximum atomic E-state index is 13.3.